The molecule has 1 saturated heterocycles. The molecule has 3 aliphatic rings. The van der Waals surface area contributed by atoms with Gasteiger partial charge in [0, 0.05) is 48.2 Å². The van der Waals surface area contributed by atoms with E-state index in [1.54, 1.807) is 6.08 Å². The average molecular weight is 628 g/mol. The number of nitrogens with zero attached hydrogens (tertiary/aromatic N) is 2. The minimum atomic E-state index is -0.117. The molecule has 7 heteroatoms. The molecule has 240 valence electrons. The Morgan fingerprint density at radius 2 is 1.79 bits per heavy atom. The van der Waals surface area contributed by atoms with Crippen LogP contribution >= 0.6 is 0 Å². The summed E-state index contributed by atoms with van der Waals surface area (Å²) < 4.78 is 20.1. The highest BCUT2D eigenvalue weighted by molar-refractivity contribution is 6.02. The predicted molar refractivity (Wildman–Crippen MR) is 186 cm³/mol. The lowest BCUT2D eigenvalue weighted by atomic mass is 9.90. The third-order valence-corrected chi connectivity index (χ3v) is 9.54. The van der Waals surface area contributed by atoms with Crippen LogP contribution in [-0.2, 0) is 19.6 Å². The number of hydrogen-bond donors (Lipinski definition) is 1. The van der Waals surface area contributed by atoms with Gasteiger partial charge in [-0.3, -0.25) is 4.79 Å². The number of aromatic nitrogens is 1. The van der Waals surface area contributed by atoms with Gasteiger partial charge in [-0.15, -0.1) is 0 Å². The lowest BCUT2D eigenvalue weighted by Gasteiger charge is -2.38. The van der Waals surface area contributed by atoms with Gasteiger partial charge < -0.3 is 29.4 Å². The van der Waals surface area contributed by atoms with Gasteiger partial charge in [-0.25, -0.2) is 0 Å². The zero-order valence-electron chi connectivity index (χ0n) is 26.9. The summed E-state index contributed by atoms with van der Waals surface area (Å²) in [5.74, 6) is 2.01. The molecule has 1 fully saturated rings. The Labute approximate surface area is 276 Å². The van der Waals surface area contributed by atoms with E-state index in [0.29, 0.717) is 43.2 Å². The third-order valence-electron chi connectivity index (χ3n) is 9.54. The second-order valence-corrected chi connectivity index (χ2v) is 12.3. The van der Waals surface area contributed by atoms with E-state index in [9.17, 15) is 4.79 Å². The van der Waals surface area contributed by atoms with Crippen molar-refractivity contribution in [3.63, 3.8) is 0 Å². The van der Waals surface area contributed by atoms with Gasteiger partial charge >= 0.3 is 0 Å². The Kier molecular flexibility index (Phi) is 8.72. The van der Waals surface area contributed by atoms with E-state index >= 15 is 0 Å². The fourth-order valence-corrected chi connectivity index (χ4v) is 7.07. The maximum Gasteiger partial charge on any atom is 0.255 e. The number of hydrogen-bond acceptors (Lipinski definition) is 5. The van der Waals surface area contributed by atoms with E-state index in [0.717, 1.165) is 59.5 Å². The Hall–Kier alpha value is -5.01. The van der Waals surface area contributed by atoms with Crippen LogP contribution in [0.15, 0.2) is 109 Å². The molecule has 0 radical (unpaired) electrons. The quantitative estimate of drug-likeness (QED) is 0.217. The van der Waals surface area contributed by atoms with E-state index in [1.165, 1.54) is 16.8 Å². The first-order chi connectivity index (χ1) is 23.1. The molecule has 3 aliphatic heterocycles. The molecule has 2 N–H and O–H groups in total. The van der Waals surface area contributed by atoms with Crippen molar-refractivity contribution in [2.45, 2.75) is 51.8 Å². The van der Waals surface area contributed by atoms with Crippen molar-refractivity contribution in [1.29, 1.82) is 0 Å². The van der Waals surface area contributed by atoms with E-state index in [1.807, 2.05) is 60.4 Å². The molecule has 7 rings (SSSR count). The molecule has 1 atom stereocenters. The summed E-state index contributed by atoms with van der Waals surface area (Å²) in [6.45, 7) is 8.33. The smallest absolute Gasteiger partial charge is 0.255 e. The van der Waals surface area contributed by atoms with Gasteiger partial charge in [-0.2, -0.15) is 0 Å². The topological polar surface area (TPSA) is 79.0 Å². The van der Waals surface area contributed by atoms with E-state index in [-0.39, 0.29) is 18.7 Å². The molecular weight excluding hydrogens is 586 g/mol. The fraction of sp³-hybridized carbons (Fsp3) is 0.275. The predicted octanol–water partition coefficient (Wildman–Crippen LogP) is 7.70. The molecule has 0 bridgehead atoms. The molecule has 47 heavy (non-hydrogen) atoms. The molecule has 1 unspecified atom stereocenters. The van der Waals surface area contributed by atoms with Crippen LogP contribution in [0, 0.1) is 0 Å². The average Bonchev–Trinajstić information content (AvgIpc) is 3.75. The SMILES string of the molecule is C=C/C=C1/CN(C(=O)c2cc3c(cc2-c2cc(-c4ccc(OCc5ccccc5)cc4)c4n2CCCC4)OCO3)C(CN)C/C1=C/C. The zero-order chi connectivity index (χ0) is 32.3. The molecule has 0 aliphatic carbocycles. The molecule has 0 saturated carbocycles. The van der Waals surface area contributed by atoms with Crippen LogP contribution in [0.25, 0.3) is 22.4 Å². The highest BCUT2D eigenvalue weighted by atomic mass is 16.7. The van der Waals surface area contributed by atoms with Gasteiger partial charge in [-0.05, 0) is 85.2 Å². The van der Waals surface area contributed by atoms with Crippen LogP contribution in [0.1, 0.15) is 47.8 Å². The number of carbonyl (C=O) groups excluding carboxylic acids is 1. The van der Waals surface area contributed by atoms with Crippen molar-refractivity contribution in [2.24, 2.45) is 5.73 Å². The summed E-state index contributed by atoms with van der Waals surface area (Å²) in [4.78, 5) is 16.5. The summed E-state index contributed by atoms with van der Waals surface area (Å²) in [7, 11) is 0. The Balaban J connectivity index is 1.27. The highest BCUT2D eigenvalue weighted by Crippen LogP contribution is 2.44. The second-order valence-electron chi connectivity index (χ2n) is 12.3. The number of allylic oxidation sites excluding steroid dienone is 3. The monoisotopic (exact) mass is 627 g/mol. The van der Waals surface area contributed by atoms with Crippen molar-refractivity contribution < 1.29 is 19.0 Å². The second kappa shape index (κ2) is 13.4. The Morgan fingerprint density at radius 3 is 2.53 bits per heavy atom. The maximum absolute atomic E-state index is 14.6. The number of carbonyl (C=O) groups is 1. The summed E-state index contributed by atoms with van der Waals surface area (Å²) >= 11 is 0. The van der Waals surface area contributed by atoms with Crippen molar-refractivity contribution in [2.75, 3.05) is 19.9 Å². The van der Waals surface area contributed by atoms with Crippen molar-refractivity contribution in [3.05, 3.63) is 126 Å². The highest BCUT2D eigenvalue weighted by Gasteiger charge is 2.34. The molecule has 1 amide bonds. The largest absolute Gasteiger partial charge is 0.489 e. The fourth-order valence-electron chi connectivity index (χ4n) is 7.07. The maximum atomic E-state index is 14.6. The first-order valence-electron chi connectivity index (χ1n) is 16.5. The van der Waals surface area contributed by atoms with Crippen molar-refractivity contribution in [1.82, 2.24) is 9.47 Å². The first-order valence-corrected chi connectivity index (χ1v) is 16.5. The molecule has 1 aromatic heterocycles. The number of amides is 1. The van der Waals surface area contributed by atoms with Gasteiger partial charge in [0.05, 0.1) is 5.56 Å². The summed E-state index contributed by atoms with van der Waals surface area (Å²) in [6.07, 6.45) is 9.77. The van der Waals surface area contributed by atoms with Crippen LogP contribution in [-0.4, -0.2) is 41.3 Å². The van der Waals surface area contributed by atoms with Crippen molar-refractivity contribution >= 4 is 5.91 Å². The van der Waals surface area contributed by atoms with Crippen LogP contribution in [0.3, 0.4) is 0 Å². The standard InChI is InChI=1S/C40H41N3O4/c1-3-10-30-24-43(31(23-41)19-28(30)4-2)40(44)35-22-39-38(46-26-47-39)21-34(35)37-20-33(36-13-8-9-18-42(36)37)29-14-16-32(17-15-29)45-25-27-11-6-5-7-12-27/h3-7,10-12,14-17,20-22,31H,1,8-9,13,18-19,23-26,41H2,2H3/b28-4-,30-10-. The molecule has 0 spiro atoms. The van der Waals surface area contributed by atoms with Crippen LogP contribution in [0.2, 0.25) is 0 Å². The van der Waals surface area contributed by atoms with Gasteiger partial charge in [0.1, 0.15) is 12.4 Å². The molecular formula is C40H41N3O4. The zero-order valence-corrected chi connectivity index (χ0v) is 26.9. The number of rotatable bonds is 8. The third kappa shape index (κ3) is 5.99. The van der Waals surface area contributed by atoms with Gasteiger partial charge in [0.25, 0.3) is 5.91 Å². The van der Waals surface area contributed by atoms with Gasteiger partial charge in [0.15, 0.2) is 11.5 Å². The Bertz CT molecular complexity index is 1850. The normalized spacial score (nSPS) is 18.8. The van der Waals surface area contributed by atoms with E-state index in [4.69, 9.17) is 19.9 Å². The van der Waals surface area contributed by atoms with Crippen LogP contribution in [0.4, 0.5) is 0 Å². The van der Waals surface area contributed by atoms with Crippen LogP contribution < -0.4 is 19.9 Å². The van der Waals surface area contributed by atoms with E-state index < -0.39 is 0 Å². The van der Waals surface area contributed by atoms with E-state index in [2.05, 4.69) is 47.6 Å². The number of benzene rings is 3. The number of ether oxygens (including phenoxy) is 3. The number of piperidine rings is 1. The lowest BCUT2D eigenvalue weighted by molar-refractivity contribution is 0.0687. The number of likely N-dealkylation sites (tertiary alicyclic amines) is 1. The Morgan fingerprint density at radius 1 is 1.00 bits per heavy atom. The summed E-state index contributed by atoms with van der Waals surface area (Å²) in [6, 6.07) is 24.5. The van der Waals surface area contributed by atoms with Gasteiger partial charge in [0.2, 0.25) is 6.79 Å². The molecule has 7 nitrogen and oxygen atoms in total. The van der Waals surface area contributed by atoms with Crippen LogP contribution in [0.5, 0.6) is 17.2 Å². The molecule has 4 heterocycles. The first kappa shape index (κ1) is 30.6. The molecule has 3 aromatic carbocycles. The minimum absolute atomic E-state index is 0.0632. The summed E-state index contributed by atoms with van der Waals surface area (Å²) in [5, 5.41) is 0. The number of nitrogens with two attached hydrogens (primary N) is 1. The summed E-state index contributed by atoms with van der Waals surface area (Å²) in [5.41, 5.74) is 15.7. The minimum Gasteiger partial charge on any atom is -0.489 e. The lowest BCUT2D eigenvalue weighted by Crippen LogP contribution is -2.49. The van der Waals surface area contributed by atoms with Crippen molar-refractivity contribution in [3.8, 4) is 39.6 Å². The van der Waals surface area contributed by atoms with Gasteiger partial charge in [-0.1, -0.05) is 67.3 Å². The molecule has 4 aromatic rings. The number of fused-ring (bicyclic) bond motifs is 2.